The summed E-state index contributed by atoms with van der Waals surface area (Å²) in [6.07, 6.45) is 2.40. The Labute approximate surface area is 163 Å². The number of aromatic amines is 1. The van der Waals surface area contributed by atoms with Crippen LogP contribution in [-0.2, 0) is 0 Å². The van der Waals surface area contributed by atoms with Crippen molar-refractivity contribution in [2.45, 2.75) is 38.5 Å². The quantitative estimate of drug-likeness (QED) is 0.456. The smallest absolute Gasteiger partial charge is 0.259 e. The van der Waals surface area contributed by atoms with Crippen LogP contribution in [0.3, 0.4) is 0 Å². The fourth-order valence-electron chi connectivity index (χ4n) is 4.55. The molecule has 0 saturated carbocycles. The largest absolute Gasteiger partial charge is 0.491 e. The van der Waals surface area contributed by atoms with Gasteiger partial charge in [-0.05, 0) is 78.3 Å². The number of hydrogen-bond acceptors (Lipinski definition) is 4. The summed E-state index contributed by atoms with van der Waals surface area (Å²) < 4.78 is 5.26. The summed E-state index contributed by atoms with van der Waals surface area (Å²) in [6, 6.07) is 12.7. The first kappa shape index (κ1) is 17.3. The lowest BCUT2D eigenvalue weighted by Gasteiger charge is -2.23. The van der Waals surface area contributed by atoms with Crippen molar-refractivity contribution >= 4 is 21.9 Å². The molecule has 144 valence electrons. The number of benzene rings is 2. The van der Waals surface area contributed by atoms with E-state index in [1.165, 1.54) is 29.4 Å². The van der Waals surface area contributed by atoms with Gasteiger partial charge in [0, 0.05) is 16.5 Å². The van der Waals surface area contributed by atoms with Gasteiger partial charge >= 0.3 is 0 Å². The molecule has 1 aliphatic heterocycles. The Balaban J connectivity index is 1.66. The topological polar surface area (TPSA) is 74.1 Å². The summed E-state index contributed by atoms with van der Waals surface area (Å²) in [5.74, 6) is 0.956. The Morgan fingerprint density at radius 2 is 1.89 bits per heavy atom. The van der Waals surface area contributed by atoms with Gasteiger partial charge in [-0.25, -0.2) is 0 Å². The monoisotopic (exact) mass is 375 g/mol. The molecule has 5 nitrogen and oxygen atoms in total. The van der Waals surface area contributed by atoms with Crippen molar-refractivity contribution < 1.29 is 9.63 Å². The zero-order valence-electron chi connectivity index (χ0n) is 16.2. The van der Waals surface area contributed by atoms with Crippen LogP contribution in [0.2, 0.25) is 0 Å². The first-order chi connectivity index (χ1) is 13.6. The van der Waals surface area contributed by atoms with Crippen LogP contribution in [0.4, 0.5) is 0 Å². The van der Waals surface area contributed by atoms with Crippen LogP contribution in [-0.4, -0.2) is 28.3 Å². The molecule has 0 bridgehead atoms. The number of piperidine rings is 1. The molecule has 0 atom stereocenters. The van der Waals surface area contributed by atoms with Gasteiger partial charge in [-0.2, -0.15) is 0 Å². The van der Waals surface area contributed by atoms with Crippen LogP contribution < -0.4 is 5.32 Å². The van der Waals surface area contributed by atoms with E-state index in [1.807, 2.05) is 18.2 Å². The summed E-state index contributed by atoms with van der Waals surface area (Å²) in [4.78, 5) is 3.63. The Morgan fingerprint density at radius 1 is 1.07 bits per heavy atom. The highest BCUT2D eigenvalue weighted by Crippen LogP contribution is 2.39. The normalized spacial score (nSPS) is 15.8. The molecule has 5 rings (SSSR count). The van der Waals surface area contributed by atoms with Gasteiger partial charge in [0.2, 0.25) is 0 Å². The summed E-state index contributed by atoms with van der Waals surface area (Å²) >= 11 is 0. The van der Waals surface area contributed by atoms with E-state index in [1.54, 1.807) is 0 Å². The number of nitrogens with zero attached hydrogens (tertiary/aromatic N) is 1. The molecule has 4 aromatic rings. The van der Waals surface area contributed by atoms with E-state index in [9.17, 15) is 5.11 Å². The Morgan fingerprint density at radius 3 is 2.68 bits per heavy atom. The molecule has 0 radical (unpaired) electrons. The molecule has 5 heteroatoms. The predicted octanol–water partition coefficient (Wildman–Crippen LogP) is 5.27. The summed E-state index contributed by atoms with van der Waals surface area (Å²) in [5.41, 5.74) is 6.69. The van der Waals surface area contributed by atoms with E-state index in [2.05, 4.69) is 47.5 Å². The van der Waals surface area contributed by atoms with Crippen LogP contribution in [0, 0.1) is 0 Å². The first-order valence-corrected chi connectivity index (χ1v) is 10.1. The fourth-order valence-corrected chi connectivity index (χ4v) is 4.55. The molecule has 3 heterocycles. The van der Waals surface area contributed by atoms with Crippen molar-refractivity contribution in [2.24, 2.45) is 0 Å². The summed E-state index contributed by atoms with van der Waals surface area (Å²) in [6.45, 7) is 6.68. The molecule has 3 N–H and O–H groups in total. The van der Waals surface area contributed by atoms with Crippen molar-refractivity contribution in [1.29, 1.82) is 0 Å². The molecule has 1 saturated heterocycles. The maximum Gasteiger partial charge on any atom is 0.259 e. The number of aromatic hydroxyl groups is 1. The highest BCUT2D eigenvalue weighted by molar-refractivity contribution is 5.94. The number of fused-ring (bicyclic) bond motifs is 2. The average Bonchev–Trinajstić information content (AvgIpc) is 3.28. The van der Waals surface area contributed by atoms with Crippen molar-refractivity contribution in [3.05, 3.63) is 47.5 Å². The van der Waals surface area contributed by atoms with Gasteiger partial charge in [0.15, 0.2) is 5.58 Å². The lowest BCUT2D eigenvalue weighted by atomic mass is 9.88. The van der Waals surface area contributed by atoms with Gasteiger partial charge in [-0.3, -0.25) is 0 Å². The summed E-state index contributed by atoms with van der Waals surface area (Å²) in [7, 11) is 0. The van der Waals surface area contributed by atoms with Crippen LogP contribution >= 0.6 is 0 Å². The van der Waals surface area contributed by atoms with E-state index in [0.29, 0.717) is 22.8 Å². The number of rotatable bonds is 3. The molecule has 0 unspecified atom stereocenters. The second kappa shape index (κ2) is 6.67. The molecule has 2 aromatic carbocycles. The van der Waals surface area contributed by atoms with E-state index in [-0.39, 0.29) is 5.88 Å². The van der Waals surface area contributed by atoms with Gasteiger partial charge in [-0.15, -0.1) is 0 Å². The molecule has 0 aliphatic carbocycles. The molecular formula is C23H25N3O2. The van der Waals surface area contributed by atoms with Gasteiger partial charge in [0.25, 0.3) is 5.88 Å². The third kappa shape index (κ3) is 2.78. The number of H-pyrrole nitrogens is 1. The van der Waals surface area contributed by atoms with E-state index >= 15 is 0 Å². The van der Waals surface area contributed by atoms with Crippen molar-refractivity contribution in [1.82, 2.24) is 15.5 Å². The molecule has 0 spiro atoms. The zero-order chi connectivity index (χ0) is 19.3. The van der Waals surface area contributed by atoms with Crippen molar-refractivity contribution in [3.8, 4) is 17.1 Å². The maximum atomic E-state index is 9.77. The number of aromatic nitrogens is 2. The minimum absolute atomic E-state index is 0.0612. The molecule has 0 amide bonds. The molecule has 28 heavy (non-hydrogen) atoms. The average molecular weight is 375 g/mol. The Bertz CT molecular complexity index is 1150. The number of hydrogen-bond donors (Lipinski definition) is 3. The Hall–Kier alpha value is -2.79. The van der Waals surface area contributed by atoms with Crippen molar-refractivity contribution in [2.75, 3.05) is 13.1 Å². The van der Waals surface area contributed by atoms with Gasteiger partial charge < -0.3 is 19.9 Å². The first-order valence-electron chi connectivity index (χ1n) is 10.1. The maximum absolute atomic E-state index is 9.77. The second-order valence-electron chi connectivity index (χ2n) is 8.11. The highest BCUT2D eigenvalue weighted by Gasteiger charge is 2.20. The molecule has 2 aromatic heterocycles. The van der Waals surface area contributed by atoms with Crippen molar-refractivity contribution in [3.63, 3.8) is 0 Å². The highest BCUT2D eigenvalue weighted by atomic mass is 16.5. The minimum Gasteiger partial charge on any atom is -0.491 e. The molecular weight excluding hydrogens is 350 g/mol. The third-order valence-electron chi connectivity index (χ3n) is 5.99. The third-order valence-corrected chi connectivity index (χ3v) is 5.99. The minimum atomic E-state index is -0.0612. The number of nitrogens with one attached hydrogen (secondary N) is 2. The standard InChI is InChI=1S/C23H25N3O2/c1-13(2)21-18-11-15(14-7-9-24-10-8-14)4-6-19(18)25-22(21)16-3-5-17-20(12-16)28-26-23(17)27/h3-6,11-14,24-25H,7-10H2,1-2H3,(H,26,27). The van der Waals surface area contributed by atoms with Gasteiger partial charge in [-0.1, -0.05) is 26.0 Å². The van der Waals surface area contributed by atoms with Crippen LogP contribution in [0.5, 0.6) is 5.88 Å². The fraction of sp³-hybridized carbons (Fsp3) is 0.348. The SMILES string of the molecule is CC(C)c1c(-c2ccc3c(O)noc3c2)[nH]c2ccc(C3CCNCC3)cc12. The second-order valence-corrected chi connectivity index (χ2v) is 8.11. The lowest BCUT2D eigenvalue weighted by Crippen LogP contribution is -2.26. The van der Waals surface area contributed by atoms with E-state index in [0.717, 1.165) is 29.9 Å². The molecule has 1 aliphatic rings. The zero-order valence-corrected chi connectivity index (χ0v) is 16.2. The molecule has 1 fully saturated rings. The van der Waals surface area contributed by atoms with E-state index < -0.39 is 0 Å². The van der Waals surface area contributed by atoms with Crippen LogP contribution in [0.1, 0.15) is 49.7 Å². The van der Waals surface area contributed by atoms with Crippen LogP contribution in [0.25, 0.3) is 33.1 Å². The lowest BCUT2D eigenvalue weighted by molar-refractivity contribution is 0.376. The van der Waals surface area contributed by atoms with Gasteiger partial charge in [0.1, 0.15) is 0 Å². The van der Waals surface area contributed by atoms with E-state index in [4.69, 9.17) is 4.52 Å². The van der Waals surface area contributed by atoms with Gasteiger partial charge in [0.05, 0.1) is 11.1 Å². The predicted molar refractivity (Wildman–Crippen MR) is 112 cm³/mol. The Kier molecular flexibility index (Phi) is 4.13. The summed E-state index contributed by atoms with van der Waals surface area (Å²) in [5, 5.41) is 18.8. The van der Waals surface area contributed by atoms with Crippen LogP contribution in [0.15, 0.2) is 40.9 Å².